The molecule has 3 heteroatoms. The van der Waals surface area contributed by atoms with E-state index in [0.29, 0.717) is 11.7 Å². The number of hydrogen-bond donors (Lipinski definition) is 1. The third-order valence-corrected chi connectivity index (χ3v) is 14.4. The minimum Gasteiger partial charge on any atom is -0.507 e. The van der Waals surface area contributed by atoms with Crippen molar-refractivity contribution < 1.29 is 5.11 Å². The molecule has 45 heavy (non-hydrogen) atoms. The molecule has 2 nitrogen and oxygen atoms in total. The molecule has 0 radical (unpaired) electrons. The number of nitrogens with zero attached hydrogens (tertiary/aromatic N) is 1. The number of phenolic OH excluding ortho intramolecular Hbond substituents is 1. The summed E-state index contributed by atoms with van der Waals surface area (Å²) in [6, 6.07) is 37.0. The molecule has 0 aromatic heterocycles. The van der Waals surface area contributed by atoms with E-state index in [2.05, 4.69) is 103 Å². The van der Waals surface area contributed by atoms with E-state index in [1.54, 1.807) is 0 Å². The van der Waals surface area contributed by atoms with E-state index < -0.39 is 0 Å². The minimum absolute atomic E-state index is 0.222. The quantitative estimate of drug-likeness (QED) is 0.156. The lowest BCUT2D eigenvalue weighted by atomic mass is 9.63. The maximum atomic E-state index is 12.8. The average Bonchev–Trinajstić information content (AvgIpc) is 3.48. The van der Waals surface area contributed by atoms with E-state index in [4.69, 9.17) is 4.99 Å². The van der Waals surface area contributed by atoms with Gasteiger partial charge < -0.3 is 5.11 Å². The Kier molecular flexibility index (Phi) is 7.96. The Morgan fingerprint density at radius 2 is 1.27 bits per heavy atom. The van der Waals surface area contributed by atoms with Gasteiger partial charge in [0, 0.05) is 22.1 Å². The molecule has 0 bridgehead atoms. The zero-order valence-corrected chi connectivity index (χ0v) is 27.2. The summed E-state index contributed by atoms with van der Waals surface area (Å²) in [6.07, 6.45) is 15.4. The fourth-order valence-electron chi connectivity index (χ4n) is 9.17. The lowest BCUT2D eigenvalue weighted by Gasteiger charge is -2.43. The van der Waals surface area contributed by atoms with Gasteiger partial charge >= 0.3 is 0 Å². The van der Waals surface area contributed by atoms with Gasteiger partial charge in [-0.2, -0.15) is 0 Å². The van der Waals surface area contributed by atoms with Crippen LogP contribution in [0.2, 0.25) is 0 Å². The standard InChI is InChI=1S/C42H44NOP/c44-40-37(39-35-23-12-10-15-30(35)29-31-16-11-13-24-36(31)39)25-14-26-38(40)42(32-17-4-1-5-18-32)27-28-45(34-21-8-3-9-22-34)41(42)43-33-19-6-2-7-20-33/h2,6-7,10-16,19-20,23-26,29,32,34,44H,1,3-5,8-9,17-18,21-22,27-28H2. The molecule has 5 aromatic rings. The third kappa shape index (κ3) is 5.11. The zero-order chi connectivity index (χ0) is 30.2. The predicted octanol–water partition coefficient (Wildman–Crippen LogP) is 12.1. The molecule has 3 fully saturated rings. The molecule has 2 unspecified atom stereocenters. The number of phenols is 1. The van der Waals surface area contributed by atoms with Crippen molar-refractivity contribution in [3.8, 4) is 16.9 Å². The number of fused-ring (bicyclic) bond motifs is 2. The molecule has 8 rings (SSSR count). The fourth-order valence-corrected chi connectivity index (χ4v) is 12.9. The highest BCUT2D eigenvalue weighted by atomic mass is 31.1. The molecule has 5 aromatic carbocycles. The number of aromatic hydroxyl groups is 1. The Morgan fingerprint density at radius 3 is 1.96 bits per heavy atom. The van der Waals surface area contributed by atoms with Crippen LogP contribution in [0.5, 0.6) is 5.75 Å². The molecule has 0 amide bonds. The van der Waals surface area contributed by atoms with E-state index in [1.165, 1.54) is 97.4 Å². The van der Waals surface area contributed by atoms with E-state index in [9.17, 15) is 5.11 Å². The van der Waals surface area contributed by atoms with Crippen molar-refractivity contribution in [3.63, 3.8) is 0 Å². The first kappa shape index (κ1) is 29.0. The monoisotopic (exact) mass is 609 g/mol. The summed E-state index contributed by atoms with van der Waals surface area (Å²) in [4.78, 5) is 5.70. The molecule has 3 aliphatic rings. The maximum absolute atomic E-state index is 12.8. The normalized spacial score (nSPS) is 24.1. The van der Waals surface area contributed by atoms with Crippen LogP contribution < -0.4 is 0 Å². The number of rotatable bonds is 5. The van der Waals surface area contributed by atoms with Crippen molar-refractivity contribution in [2.45, 2.75) is 81.7 Å². The van der Waals surface area contributed by atoms with Crippen LogP contribution in [0.1, 0.15) is 76.2 Å². The van der Waals surface area contributed by atoms with Gasteiger partial charge in [0.25, 0.3) is 0 Å². The predicted molar refractivity (Wildman–Crippen MR) is 194 cm³/mol. The third-order valence-electron chi connectivity index (χ3n) is 11.3. The van der Waals surface area contributed by atoms with Crippen molar-refractivity contribution in [1.82, 2.24) is 0 Å². The number of para-hydroxylation sites is 2. The van der Waals surface area contributed by atoms with E-state index >= 15 is 0 Å². The Bertz CT molecular complexity index is 1800. The number of benzene rings is 5. The second-order valence-corrected chi connectivity index (χ2v) is 16.2. The second-order valence-electron chi connectivity index (χ2n) is 13.7. The second kappa shape index (κ2) is 12.4. The Hall–Kier alpha value is -3.48. The van der Waals surface area contributed by atoms with E-state index in [0.717, 1.165) is 34.5 Å². The number of aliphatic imine (C=N–C) groups is 1. The van der Waals surface area contributed by atoms with Crippen molar-refractivity contribution in [3.05, 3.63) is 109 Å². The first-order chi connectivity index (χ1) is 22.2. The summed E-state index contributed by atoms with van der Waals surface area (Å²) < 4.78 is 0. The highest BCUT2D eigenvalue weighted by Crippen LogP contribution is 2.66. The molecule has 2 aliphatic carbocycles. The van der Waals surface area contributed by atoms with Gasteiger partial charge in [-0.05, 0) is 89.6 Å². The van der Waals surface area contributed by atoms with Gasteiger partial charge in [0.15, 0.2) is 0 Å². The van der Waals surface area contributed by atoms with Crippen molar-refractivity contribution >= 4 is 40.6 Å². The summed E-state index contributed by atoms with van der Waals surface area (Å²) >= 11 is 0. The van der Waals surface area contributed by atoms with Gasteiger partial charge in [-0.1, -0.05) is 131 Å². The van der Waals surface area contributed by atoms with Crippen LogP contribution in [0.4, 0.5) is 5.69 Å². The first-order valence-corrected chi connectivity index (χ1v) is 19.0. The van der Waals surface area contributed by atoms with Crippen molar-refractivity contribution in [2.24, 2.45) is 10.9 Å². The minimum atomic E-state index is -0.381. The SMILES string of the molecule is Oc1c(-c2c3ccccc3cc3ccccc23)cccc1C1(C2CCCCC2)CCP(C2CCCCC2)C1=Nc1ccccc1. The molecule has 2 atom stereocenters. The largest absolute Gasteiger partial charge is 0.507 e. The Balaban J connectivity index is 1.38. The van der Waals surface area contributed by atoms with Crippen LogP contribution in [-0.4, -0.2) is 22.4 Å². The zero-order valence-electron chi connectivity index (χ0n) is 26.3. The molecule has 1 N–H and O–H groups in total. The van der Waals surface area contributed by atoms with Crippen LogP contribution >= 0.6 is 7.92 Å². The summed E-state index contributed by atoms with van der Waals surface area (Å²) in [6.45, 7) is 0. The summed E-state index contributed by atoms with van der Waals surface area (Å²) in [5.41, 5.74) is 6.30. The van der Waals surface area contributed by atoms with E-state index in [-0.39, 0.29) is 13.3 Å². The average molecular weight is 610 g/mol. The summed E-state index contributed by atoms with van der Waals surface area (Å²) in [7, 11) is -0.381. The molecule has 0 spiro atoms. The van der Waals surface area contributed by atoms with Gasteiger partial charge in [0.2, 0.25) is 0 Å². The lowest BCUT2D eigenvalue weighted by Crippen LogP contribution is -2.41. The van der Waals surface area contributed by atoms with Gasteiger partial charge in [0.1, 0.15) is 5.75 Å². The first-order valence-electron chi connectivity index (χ1n) is 17.4. The van der Waals surface area contributed by atoms with Crippen LogP contribution in [0.15, 0.2) is 108 Å². The summed E-state index contributed by atoms with van der Waals surface area (Å²) in [5, 5.41) is 17.6. The lowest BCUT2D eigenvalue weighted by molar-refractivity contribution is 0.257. The highest BCUT2D eigenvalue weighted by Gasteiger charge is 2.54. The smallest absolute Gasteiger partial charge is 0.127 e. The van der Waals surface area contributed by atoms with E-state index in [1.807, 2.05) is 0 Å². The van der Waals surface area contributed by atoms with Gasteiger partial charge in [0.05, 0.1) is 11.1 Å². The Morgan fingerprint density at radius 1 is 0.644 bits per heavy atom. The molecule has 1 heterocycles. The van der Waals surface area contributed by atoms with Crippen LogP contribution in [-0.2, 0) is 5.41 Å². The molecular formula is C42H44NOP. The van der Waals surface area contributed by atoms with Crippen molar-refractivity contribution in [2.75, 3.05) is 6.16 Å². The van der Waals surface area contributed by atoms with Crippen molar-refractivity contribution in [1.29, 1.82) is 0 Å². The van der Waals surface area contributed by atoms with Gasteiger partial charge in [-0.3, -0.25) is 4.99 Å². The summed E-state index contributed by atoms with van der Waals surface area (Å²) in [5.74, 6) is 0.987. The van der Waals surface area contributed by atoms with Crippen LogP contribution in [0.25, 0.3) is 32.7 Å². The molecule has 228 valence electrons. The molecule has 2 saturated carbocycles. The Labute approximate surface area is 269 Å². The van der Waals surface area contributed by atoms with Gasteiger partial charge in [-0.25, -0.2) is 0 Å². The maximum Gasteiger partial charge on any atom is 0.127 e. The molecule has 1 aliphatic heterocycles. The number of hydrogen-bond acceptors (Lipinski definition) is 2. The van der Waals surface area contributed by atoms with Gasteiger partial charge in [-0.15, -0.1) is 0 Å². The molecule has 1 saturated heterocycles. The van der Waals surface area contributed by atoms with Crippen LogP contribution in [0.3, 0.4) is 0 Å². The highest BCUT2D eigenvalue weighted by molar-refractivity contribution is 7.76. The molecular weight excluding hydrogens is 565 g/mol. The van der Waals surface area contributed by atoms with Crippen LogP contribution in [0, 0.1) is 5.92 Å². The fraction of sp³-hybridized carbons (Fsp3) is 0.357. The topological polar surface area (TPSA) is 32.6 Å².